The van der Waals surface area contributed by atoms with Crippen molar-refractivity contribution < 1.29 is 14.6 Å². The standard InChI is InChI=1S/C13H10O3.K/c14-11-8-6-10(7-9-11)13(15)16-12-4-2-1-3-5-12;/h1-9,14H;. The third-order valence-electron chi connectivity index (χ3n) is 2.06. The van der Waals surface area contributed by atoms with Gasteiger partial charge in [-0.05, 0) is 36.4 Å². The van der Waals surface area contributed by atoms with Gasteiger partial charge in [0.2, 0.25) is 0 Å². The van der Waals surface area contributed by atoms with E-state index >= 15 is 0 Å². The number of phenolic OH excluding ortho intramolecular Hbond substituents is 1. The average molecular weight is 253 g/mol. The van der Waals surface area contributed by atoms with E-state index in [9.17, 15) is 4.79 Å². The van der Waals surface area contributed by atoms with Gasteiger partial charge < -0.3 is 9.84 Å². The van der Waals surface area contributed by atoms with E-state index in [0.717, 1.165) is 0 Å². The van der Waals surface area contributed by atoms with Gasteiger partial charge in [0.15, 0.2) is 0 Å². The van der Waals surface area contributed by atoms with E-state index < -0.39 is 5.97 Å². The number of benzene rings is 2. The summed E-state index contributed by atoms with van der Waals surface area (Å²) < 4.78 is 5.12. The minimum Gasteiger partial charge on any atom is -0.508 e. The Balaban J connectivity index is 0.00000144. The first-order chi connectivity index (χ1) is 7.75. The van der Waals surface area contributed by atoms with Gasteiger partial charge in [-0.15, -0.1) is 0 Å². The van der Waals surface area contributed by atoms with Crippen LogP contribution in [0.3, 0.4) is 0 Å². The number of carbonyl (C=O) groups excluding carboxylic acids is 1. The summed E-state index contributed by atoms with van der Waals surface area (Å²) in [5, 5.41) is 9.08. The molecule has 81 valence electrons. The van der Waals surface area contributed by atoms with Crippen molar-refractivity contribution >= 4 is 57.4 Å². The number of phenols is 1. The van der Waals surface area contributed by atoms with Crippen LogP contribution in [0, 0.1) is 0 Å². The molecule has 0 atom stereocenters. The number of aromatic hydroxyl groups is 1. The summed E-state index contributed by atoms with van der Waals surface area (Å²) in [5.74, 6) is 0.183. The molecule has 0 heterocycles. The quantitative estimate of drug-likeness (QED) is 0.507. The minimum absolute atomic E-state index is 0. The smallest absolute Gasteiger partial charge is 0.343 e. The predicted octanol–water partition coefficient (Wildman–Crippen LogP) is 2.23. The Morgan fingerprint density at radius 2 is 1.53 bits per heavy atom. The molecule has 0 aliphatic heterocycles. The molecule has 0 aromatic heterocycles. The van der Waals surface area contributed by atoms with Crippen molar-refractivity contribution in [2.45, 2.75) is 0 Å². The van der Waals surface area contributed by atoms with Gasteiger partial charge in [0.05, 0.1) is 5.56 Å². The van der Waals surface area contributed by atoms with Gasteiger partial charge in [-0.2, -0.15) is 0 Å². The fourth-order valence-corrected chi connectivity index (χ4v) is 1.25. The largest absolute Gasteiger partial charge is 0.508 e. The molecule has 0 bridgehead atoms. The molecule has 0 aliphatic carbocycles. The number of esters is 1. The van der Waals surface area contributed by atoms with E-state index in [0.29, 0.717) is 11.3 Å². The number of carbonyl (C=O) groups is 1. The molecule has 2 rings (SSSR count). The molecule has 3 nitrogen and oxygen atoms in total. The molecule has 4 heteroatoms. The van der Waals surface area contributed by atoms with Crippen LogP contribution in [0.25, 0.3) is 0 Å². The van der Waals surface area contributed by atoms with Crippen LogP contribution in [-0.4, -0.2) is 62.5 Å². The number of hydrogen-bond acceptors (Lipinski definition) is 3. The fraction of sp³-hybridized carbons (Fsp3) is 0. The molecule has 1 N–H and O–H groups in total. The Hall–Kier alpha value is -0.654. The molecule has 1 radical (unpaired) electrons. The number of rotatable bonds is 2. The summed E-state index contributed by atoms with van der Waals surface area (Å²) in [6.45, 7) is 0. The third-order valence-corrected chi connectivity index (χ3v) is 2.06. The zero-order valence-corrected chi connectivity index (χ0v) is 12.6. The second kappa shape index (κ2) is 6.93. The van der Waals surface area contributed by atoms with Gasteiger partial charge in [-0.25, -0.2) is 4.79 Å². The second-order valence-corrected chi connectivity index (χ2v) is 3.25. The average Bonchev–Trinajstić information content (AvgIpc) is 2.31. The molecule has 0 amide bonds. The summed E-state index contributed by atoms with van der Waals surface area (Å²) in [4.78, 5) is 11.6. The maximum absolute atomic E-state index is 11.6. The molecule has 0 saturated carbocycles. The van der Waals surface area contributed by atoms with E-state index in [1.807, 2.05) is 6.07 Å². The van der Waals surface area contributed by atoms with Gasteiger partial charge in [-0.1, -0.05) is 18.2 Å². The normalized spacial score (nSPS) is 9.18. The third kappa shape index (κ3) is 4.26. The molecular formula is C13H10KO3. The van der Waals surface area contributed by atoms with Gasteiger partial charge in [-0.3, -0.25) is 0 Å². The molecular weight excluding hydrogens is 243 g/mol. The van der Waals surface area contributed by atoms with Crippen molar-refractivity contribution in [3.63, 3.8) is 0 Å². The van der Waals surface area contributed by atoms with Crippen LogP contribution in [0.15, 0.2) is 54.6 Å². The Bertz CT molecular complexity index is 480. The molecule has 0 saturated heterocycles. The molecule has 2 aromatic rings. The zero-order valence-electron chi connectivity index (χ0n) is 9.46. The Kier molecular flexibility index (Phi) is 5.87. The van der Waals surface area contributed by atoms with Gasteiger partial charge in [0, 0.05) is 51.4 Å². The van der Waals surface area contributed by atoms with Crippen LogP contribution in [0.1, 0.15) is 10.4 Å². The second-order valence-electron chi connectivity index (χ2n) is 3.25. The maximum Gasteiger partial charge on any atom is 0.343 e. The van der Waals surface area contributed by atoms with E-state index in [1.165, 1.54) is 24.3 Å². The van der Waals surface area contributed by atoms with Crippen molar-refractivity contribution in [3.8, 4) is 11.5 Å². The van der Waals surface area contributed by atoms with E-state index in [1.54, 1.807) is 24.3 Å². The first-order valence-corrected chi connectivity index (χ1v) is 4.82. The van der Waals surface area contributed by atoms with Crippen molar-refractivity contribution in [2.75, 3.05) is 0 Å². The van der Waals surface area contributed by atoms with Crippen molar-refractivity contribution in [1.82, 2.24) is 0 Å². The van der Waals surface area contributed by atoms with Crippen LogP contribution >= 0.6 is 0 Å². The molecule has 0 fully saturated rings. The monoisotopic (exact) mass is 253 g/mol. The molecule has 2 aromatic carbocycles. The molecule has 0 aliphatic rings. The first kappa shape index (κ1) is 14.4. The molecule has 0 spiro atoms. The summed E-state index contributed by atoms with van der Waals surface area (Å²) >= 11 is 0. The van der Waals surface area contributed by atoms with Crippen LogP contribution in [0.5, 0.6) is 11.5 Å². The fourth-order valence-electron chi connectivity index (χ4n) is 1.25. The van der Waals surface area contributed by atoms with Crippen molar-refractivity contribution in [1.29, 1.82) is 0 Å². The van der Waals surface area contributed by atoms with Crippen LogP contribution in [0.2, 0.25) is 0 Å². The number of hydrogen-bond donors (Lipinski definition) is 1. The van der Waals surface area contributed by atoms with E-state index in [2.05, 4.69) is 0 Å². The van der Waals surface area contributed by atoms with Crippen molar-refractivity contribution in [3.05, 3.63) is 60.2 Å². The number of para-hydroxylation sites is 1. The Morgan fingerprint density at radius 1 is 0.941 bits per heavy atom. The summed E-state index contributed by atoms with van der Waals surface area (Å²) in [6.07, 6.45) is 0. The van der Waals surface area contributed by atoms with E-state index in [4.69, 9.17) is 9.84 Å². The van der Waals surface area contributed by atoms with Crippen LogP contribution in [-0.2, 0) is 0 Å². The molecule has 0 unspecified atom stereocenters. The minimum atomic E-state index is -0.439. The van der Waals surface area contributed by atoms with Gasteiger partial charge >= 0.3 is 5.97 Å². The van der Waals surface area contributed by atoms with Gasteiger partial charge in [0.25, 0.3) is 0 Å². The van der Waals surface area contributed by atoms with Gasteiger partial charge in [0.1, 0.15) is 11.5 Å². The van der Waals surface area contributed by atoms with Crippen LogP contribution < -0.4 is 4.74 Å². The molecule has 17 heavy (non-hydrogen) atoms. The summed E-state index contributed by atoms with van der Waals surface area (Å²) in [6, 6.07) is 14.8. The predicted molar refractivity (Wildman–Crippen MR) is 65.3 cm³/mol. The Morgan fingerprint density at radius 3 is 2.12 bits per heavy atom. The Labute approximate surface area is 142 Å². The first-order valence-electron chi connectivity index (χ1n) is 4.82. The SMILES string of the molecule is O=C(Oc1ccccc1)c1ccc(O)cc1.[K]. The number of ether oxygens (including phenoxy) is 1. The zero-order chi connectivity index (χ0) is 11.4. The van der Waals surface area contributed by atoms with Crippen LogP contribution in [0.4, 0.5) is 0 Å². The topological polar surface area (TPSA) is 46.5 Å². The summed E-state index contributed by atoms with van der Waals surface area (Å²) in [7, 11) is 0. The summed E-state index contributed by atoms with van der Waals surface area (Å²) in [5.41, 5.74) is 0.404. The van der Waals surface area contributed by atoms with Crippen molar-refractivity contribution in [2.24, 2.45) is 0 Å². The van der Waals surface area contributed by atoms with E-state index in [-0.39, 0.29) is 57.1 Å². The maximum atomic E-state index is 11.6.